The Balaban J connectivity index is 1.94. The molecule has 1 saturated heterocycles. The third-order valence-corrected chi connectivity index (χ3v) is 4.17. The number of ether oxygens (including phenoxy) is 2. The monoisotopic (exact) mass is 302 g/mol. The van der Waals surface area contributed by atoms with Crippen LogP contribution in [0.25, 0.3) is 10.9 Å². The number of anilines is 1. The molecule has 1 atom stereocenters. The van der Waals surface area contributed by atoms with Crippen molar-refractivity contribution >= 4 is 22.4 Å². The normalized spacial score (nSPS) is 20.3. The fraction of sp³-hybridized carbons (Fsp3) is 0.375. The summed E-state index contributed by atoms with van der Waals surface area (Å²) in [5.41, 5.74) is 1.64. The standard InChI is InChI=1S/C16H15FN2O3/c1-9(20)12-4-10(17)5-14-13(12)6-15-16(18-14)22-8-11-7-21-3-2-19(11)15/h4-6,11H,2-3,7-8H2,1H3/t11-/m0/s1. The molecule has 0 aliphatic carbocycles. The van der Waals surface area contributed by atoms with E-state index in [1.807, 2.05) is 6.07 Å². The lowest BCUT2D eigenvalue weighted by Gasteiger charge is -2.40. The summed E-state index contributed by atoms with van der Waals surface area (Å²) in [6.07, 6.45) is 0. The lowest BCUT2D eigenvalue weighted by molar-refractivity contribution is 0.0694. The zero-order valence-electron chi connectivity index (χ0n) is 12.1. The second kappa shape index (κ2) is 4.91. The molecule has 2 aromatic rings. The van der Waals surface area contributed by atoms with Gasteiger partial charge in [0.1, 0.15) is 18.1 Å². The van der Waals surface area contributed by atoms with Crippen molar-refractivity contribution in [1.29, 1.82) is 0 Å². The summed E-state index contributed by atoms with van der Waals surface area (Å²) in [5.74, 6) is -0.155. The van der Waals surface area contributed by atoms with Crippen molar-refractivity contribution in [3.8, 4) is 5.88 Å². The van der Waals surface area contributed by atoms with Crippen molar-refractivity contribution in [2.45, 2.75) is 13.0 Å². The third kappa shape index (κ3) is 2.02. The summed E-state index contributed by atoms with van der Waals surface area (Å²) < 4.78 is 24.9. The Hall–Kier alpha value is -2.21. The van der Waals surface area contributed by atoms with Gasteiger partial charge in [0, 0.05) is 23.6 Å². The van der Waals surface area contributed by atoms with Gasteiger partial charge in [-0.2, -0.15) is 0 Å². The Kier molecular flexibility index (Phi) is 3.00. The highest BCUT2D eigenvalue weighted by Gasteiger charge is 2.31. The lowest BCUT2D eigenvalue weighted by Crippen LogP contribution is -2.51. The van der Waals surface area contributed by atoms with Crippen LogP contribution in [0, 0.1) is 5.82 Å². The van der Waals surface area contributed by atoms with E-state index in [0.717, 1.165) is 12.2 Å². The molecule has 1 aromatic heterocycles. The summed E-state index contributed by atoms with van der Waals surface area (Å²) in [6, 6.07) is 4.63. The highest BCUT2D eigenvalue weighted by atomic mass is 19.1. The quantitative estimate of drug-likeness (QED) is 0.756. The molecule has 22 heavy (non-hydrogen) atoms. The van der Waals surface area contributed by atoms with Crippen LogP contribution in [-0.4, -0.2) is 43.2 Å². The predicted octanol–water partition coefficient (Wildman–Crippen LogP) is 2.17. The maximum atomic E-state index is 13.7. The van der Waals surface area contributed by atoms with Gasteiger partial charge in [-0.05, 0) is 19.1 Å². The van der Waals surface area contributed by atoms with Crippen LogP contribution in [0.2, 0.25) is 0 Å². The highest BCUT2D eigenvalue weighted by molar-refractivity contribution is 6.07. The van der Waals surface area contributed by atoms with Crippen molar-refractivity contribution in [1.82, 2.24) is 4.98 Å². The number of morpholine rings is 1. The number of nitrogens with zero attached hydrogens (tertiary/aromatic N) is 2. The first-order valence-electron chi connectivity index (χ1n) is 7.26. The second-order valence-electron chi connectivity index (χ2n) is 5.62. The highest BCUT2D eigenvalue weighted by Crippen LogP contribution is 2.37. The van der Waals surface area contributed by atoms with Gasteiger partial charge in [-0.1, -0.05) is 0 Å². The maximum Gasteiger partial charge on any atom is 0.238 e. The van der Waals surface area contributed by atoms with Crippen LogP contribution >= 0.6 is 0 Å². The average molecular weight is 302 g/mol. The number of rotatable bonds is 1. The Bertz CT molecular complexity index is 778. The van der Waals surface area contributed by atoms with E-state index in [1.165, 1.54) is 19.1 Å². The van der Waals surface area contributed by atoms with E-state index in [2.05, 4.69) is 9.88 Å². The van der Waals surface area contributed by atoms with Gasteiger partial charge >= 0.3 is 0 Å². The van der Waals surface area contributed by atoms with Crippen LogP contribution < -0.4 is 9.64 Å². The minimum absolute atomic E-state index is 0.154. The minimum Gasteiger partial charge on any atom is -0.474 e. The van der Waals surface area contributed by atoms with E-state index in [4.69, 9.17) is 9.47 Å². The Morgan fingerprint density at radius 1 is 1.36 bits per heavy atom. The number of carbonyl (C=O) groups is 1. The maximum absolute atomic E-state index is 13.7. The van der Waals surface area contributed by atoms with Crippen LogP contribution in [0.1, 0.15) is 17.3 Å². The molecule has 1 fully saturated rings. The topological polar surface area (TPSA) is 51.7 Å². The van der Waals surface area contributed by atoms with Crippen LogP contribution in [0.15, 0.2) is 18.2 Å². The molecule has 0 amide bonds. The van der Waals surface area contributed by atoms with Gasteiger partial charge in [-0.3, -0.25) is 4.79 Å². The van der Waals surface area contributed by atoms with Gasteiger partial charge in [0.05, 0.1) is 24.8 Å². The van der Waals surface area contributed by atoms with Crippen molar-refractivity contribution in [2.24, 2.45) is 0 Å². The summed E-state index contributed by atoms with van der Waals surface area (Å²) in [4.78, 5) is 18.4. The molecule has 2 aliphatic rings. The van der Waals surface area contributed by atoms with Crippen LogP contribution in [0.3, 0.4) is 0 Å². The van der Waals surface area contributed by atoms with E-state index in [0.29, 0.717) is 42.2 Å². The molecule has 6 heteroatoms. The molecule has 3 heterocycles. The number of halogens is 1. The third-order valence-electron chi connectivity index (χ3n) is 4.17. The largest absolute Gasteiger partial charge is 0.474 e. The number of ketones is 1. The number of pyridine rings is 1. The average Bonchev–Trinajstić information content (AvgIpc) is 2.52. The van der Waals surface area contributed by atoms with E-state index >= 15 is 0 Å². The molecule has 0 spiro atoms. The molecule has 1 aromatic carbocycles. The Labute approximate surface area is 126 Å². The molecular weight excluding hydrogens is 287 g/mol. The summed E-state index contributed by atoms with van der Waals surface area (Å²) in [5, 5.41) is 0.656. The van der Waals surface area contributed by atoms with E-state index in [9.17, 15) is 9.18 Å². The fourth-order valence-electron chi connectivity index (χ4n) is 3.10. The van der Waals surface area contributed by atoms with Crippen molar-refractivity contribution in [3.05, 3.63) is 29.6 Å². The van der Waals surface area contributed by atoms with Gasteiger partial charge in [-0.25, -0.2) is 9.37 Å². The molecule has 0 bridgehead atoms. The smallest absolute Gasteiger partial charge is 0.238 e. The first-order chi connectivity index (χ1) is 10.6. The lowest BCUT2D eigenvalue weighted by atomic mass is 10.0. The van der Waals surface area contributed by atoms with Gasteiger partial charge in [0.15, 0.2) is 5.78 Å². The van der Waals surface area contributed by atoms with E-state index in [1.54, 1.807) is 0 Å². The predicted molar refractivity (Wildman–Crippen MR) is 79.2 cm³/mol. The van der Waals surface area contributed by atoms with Crippen molar-refractivity contribution < 1.29 is 18.7 Å². The Morgan fingerprint density at radius 3 is 3.05 bits per heavy atom. The number of Topliss-reactive ketones (excluding diaryl/α,β-unsaturated/α-hetero) is 1. The summed E-state index contributed by atoms with van der Waals surface area (Å²) in [7, 11) is 0. The van der Waals surface area contributed by atoms with Gasteiger partial charge in [-0.15, -0.1) is 0 Å². The number of aromatic nitrogens is 1. The number of hydrogen-bond donors (Lipinski definition) is 0. The first kappa shape index (κ1) is 13.5. The van der Waals surface area contributed by atoms with E-state index < -0.39 is 5.82 Å². The zero-order chi connectivity index (χ0) is 15.3. The van der Waals surface area contributed by atoms with E-state index in [-0.39, 0.29) is 11.8 Å². The van der Waals surface area contributed by atoms with Gasteiger partial charge in [0.25, 0.3) is 0 Å². The van der Waals surface area contributed by atoms with Crippen molar-refractivity contribution in [2.75, 3.05) is 31.3 Å². The summed E-state index contributed by atoms with van der Waals surface area (Å²) >= 11 is 0. The van der Waals surface area contributed by atoms with Crippen LogP contribution in [0.5, 0.6) is 5.88 Å². The molecule has 5 nitrogen and oxygen atoms in total. The number of hydrogen-bond acceptors (Lipinski definition) is 5. The minimum atomic E-state index is -0.467. The molecule has 2 aliphatic heterocycles. The molecule has 0 unspecified atom stereocenters. The number of benzene rings is 1. The molecule has 4 rings (SSSR count). The summed E-state index contributed by atoms with van der Waals surface area (Å²) in [6.45, 7) is 3.95. The molecule has 0 radical (unpaired) electrons. The molecule has 0 saturated carbocycles. The Morgan fingerprint density at radius 2 is 2.23 bits per heavy atom. The SMILES string of the molecule is CC(=O)c1cc(F)cc2nc3c(cc12)N1CCOC[C@H]1CO3. The number of fused-ring (bicyclic) bond motifs is 4. The fourth-order valence-corrected chi connectivity index (χ4v) is 3.10. The van der Waals surface area contributed by atoms with Gasteiger partial charge < -0.3 is 14.4 Å². The van der Waals surface area contributed by atoms with Crippen LogP contribution in [0.4, 0.5) is 10.1 Å². The molecular formula is C16H15FN2O3. The second-order valence-corrected chi connectivity index (χ2v) is 5.62. The van der Waals surface area contributed by atoms with Gasteiger partial charge in [0.2, 0.25) is 5.88 Å². The first-order valence-corrected chi connectivity index (χ1v) is 7.26. The molecule has 114 valence electrons. The zero-order valence-corrected chi connectivity index (χ0v) is 12.1. The molecule has 0 N–H and O–H groups in total. The van der Waals surface area contributed by atoms with Crippen molar-refractivity contribution in [3.63, 3.8) is 0 Å². The number of carbonyl (C=O) groups excluding carboxylic acids is 1. The van der Waals surface area contributed by atoms with Crippen LogP contribution in [-0.2, 0) is 4.74 Å².